The molecule has 0 heterocycles. The Balaban J connectivity index is 2.11. The number of rotatable bonds is 4. The summed E-state index contributed by atoms with van der Waals surface area (Å²) in [5, 5.41) is 0. The van der Waals surface area contributed by atoms with Gasteiger partial charge in [-0.15, -0.1) is 0 Å². The highest BCUT2D eigenvalue weighted by molar-refractivity contribution is 5.99. The summed E-state index contributed by atoms with van der Waals surface area (Å²) >= 11 is 0. The van der Waals surface area contributed by atoms with Crippen molar-refractivity contribution in [2.45, 2.75) is 20.0 Å². The van der Waals surface area contributed by atoms with Crippen molar-refractivity contribution in [1.82, 2.24) is 0 Å². The van der Waals surface area contributed by atoms with Gasteiger partial charge in [0.1, 0.15) is 5.75 Å². The molecule has 2 heteroatoms. The highest BCUT2D eigenvalue weighted by Crippen LogP contribution is 2.19. The van der Waals surface area contributed by atoms with Crippen LogP contribution in [-0.2, 0) is 0 Å². The summed E-state index contributed by atoms with van der Waals surface area (Å²) in [6, 6.07) is 16.9. The first-order chi connectivity index (χ1) is 8.68. The van der Waals surface area contributed by atoms with Gasteiger partial charge in [-0.2, -0.15) is 0 Å². The third-order valence-corrected chi connectivity index (χ3v) is 2.82. The van der Waals surface area contributed by atoms with Crippen molar-refractivity contribution in [2.75, 3.05) is 0 Å². The molecule has 0 spiro atoms. The maximum Gasteiger partial charge on any atom is 0.202 e. The van der Waals surface area contributed by atoms with Crippen molar-refractivity contribution in [3.63, 3.8) is 0 Å². The summed E-state index contributed by atoms with van der Waals surface area (Å²) in [5.74, 6) is 0.758. The third-order valence-electron chi connectivity index (χ3n) is 2.82. The van der Waals surface area contributed by atoms with Gasteiger partial charge >= 0.3 is 0 Å². The molecule has 1 atom stereocenters. The van der Waals surface area contributed by atoms with Gasteiger partial charge in [0, 0.05) is 5.56 Å². The number of benzene rings is 2. The Morgan fingerprint density at radius 3 is 2.28 bits per heavy atom. The molecule has 0 radical (unpaired) electrons. The van der Waals surface area contributed by atoms with Gasteiger partial charge in [-0.05, 0) is 25.5 Å². The number of carbonyl (C=O) groups is 1. The van der Waals surface area contributed by atoms with Crippen molar-refractivity contribution < 1.29 is 9.53 Å². The van der Waals surface area contributed by atoms with E-state index in [2.05, 4.69) is 0 Å². The first kappa shape index (κ1) is 12.4. The molecule has 2 nitrogen and oxygen atoms in total. The molecule has 2 rings (SSSR count). The van der Waals surface area contributed by atoms with Crippen molar-refractivity contribution in [1.29, 1.82) is 0 Å². The number of ketones is 1. The summed E-state index contributed by atoms with van der Waals surface area (Å²) in [7, 11) is 0. The van der Waals surface area contributed by atoms with Crippen LogP contribution in [0.2, 0.25) is 0 Å². The van der Waals surface area contributed by atoms with Crippen LogP contribution < -0.4 is 4.74 Å². The number of ether oxygens (including phenoxy) is 1. The predicted octanol–water partition coefficient (Wildman–Crippen LogP) is 3.65. The zero-order valence-electron chi connectivity index (χ0n) is 10.6. The van der Waals surface area contributed by atoms with E-state index in [1.165, 1.54) is 0 Å². The Bertz CT molecular complexity index is 532. The summed E-state index contributed by atoms with van der Waals surface area (Å²) in [6.45, 7) is 3.75. The van der Waals surface area contributed by atoms with Gasteiger partial charge in [-0.25, -0.2) is 0 Å². The zero-order valence-corrected chi connectivity index (χ0v) is 10.6. The summed E-state index contributed by atoms with van der Waals surface area (Å²) < 4.78 is 5.71. The second-order valence-electron chi connectivity index (χ2n) is 4.26. The number of para-hydroxylation sites is 1. The van der Waals surface area contributed by atoms with Crippen molar-refractivity contribution in [3.05, 3.63) is 65.7 Å². The topological polar surface area (TPSA) is 26.3 Å². The molecule has 0 amide bonds. The number of Topliss-reactive ketones (excluding diaryl/α,β-unsaturated/α-hetero) is 1. The largest absolute Gasteiger partial charge is 0.482 e. The maximum atomic E-state index is 12.1. The average molecular weight is 240 g/mol. The molecular weight excluding hydrogens is 224 g/mol. The third kappa shape index (κ3) is 2.77. The minimum atomic E-state index is -0.478. The van der Waals surface area contributed by atoms with E-state index < -0.39 is 6.10 Å². The van der Waals surface area contributed by atoms with Crippen LogP contribution >= 0.6 is 0 Å². The van der Waals surface area contributed by atoms with E-state index in [4.69, 9.17) is 4.74 Å². The lowest BCUT2D eigenvalue weighted by atomic mass is 10.1. The van der Waals surface area contributed by atoms with Gasteiger partial charge in [-0.1, -0.05) is 48.5 Å². The highest BCUT2D eigenvalue weighted by atomic mass is 16.5. The molecule has 0 unspecified atom stereocenters. The Hall–Kier alpha value is -2.09. The smallest absolute Gasteiger partial charge is 0.202 e. The van der Waals surface area contributed by atoms with Crippen molar-refractivity contribution in [2.24, 2.45) is 0 Å². The first-order valence-electron chi connectivity index (χ1n) is 6.00. The van der Waals surface area contributed by atoms with Crippen LogP contribution in [0.3, 0.4) is 0 Å². The van der Waals surface area contributed by atoms with Crippen LogP contribution in [-0.4, -0.2) is 11.9 Å². The van der Waals surface area contributed by atoms with E-state index in [9.17, 15) is 4.79 Å². The maximum absolute atomic E-state index is 12.1. The molecule has 0 saturated heterocycles. The van der Waals surface area contributed by atoms with E-state index in [-0.39, 0.29) is 5.78 Å². The Kier molecular flexibility index (Phi) is 3.78. The molecule has 0 fully saturated rings. The van der Waals surface area contributed by atoms with E-state index in [0.717, 1.165) is 11.3 Å². The standard InChI is InChI=1S/C16H16O2/c1-12-8-6-7-11-15(12)18-13(2)16(17)14-9-4-3-5-10-14/h3-11,13H,1-2H3/t13-/m1/s1. The normalized spacial score (nSPS) is 11.9. The first-order valence-corrected chi connectivity index (χ1v) is 6.00. The predicted molar refractivity (Wildman–Crippen MR) is 72.0 cm³/mol. The lowest BCUT2D eigenvalue weighted by Gasteiger charge is -2.15. The molecule has 92 valence electrons. The molecule has 2 aromatic rings. The molecular formula is C16H16O2. The molecule has 0 bridgehead atoms. The Morgan fingerprint density at radius 1 is 1.00 bits per heavy atom. The molecule has 0 aromatic heterocycles. The second-order valence-corrected chi connectivity index (χ2v) is 4.26. The lowest BCUT2D eigenvalue weighted by molar-refractivity contribution is 0.0817. The highest BCUT2D eigenvalue weighted by Gasteiger charge is 2.16. The van der Waals surface area contributed by atoms with Crippen LogP contribution in [0.25, 0.3) is 0 Å². The molecule has 0 saturated carbocycles. The van der Waals surface area contributed by atoms with Gasteiger partial charge < -0.3 is 4.74 Å². The van der Waals surface area contributed by atoms with E-state index >= 15 is 0 Å². The number of carbonyl (C=O) groups excluding carboxylic acids is 1. The van der Waals surface area contributed by atoms with Crippen LogP contribution in [0.15, 0.2) is 54.6 Å². The van der Waals surface area contributed by atoms with Crippen molar-refractivity contribution in [3.8, 4) is 5.75 Å². The summed E-state index contributed by atoms with van der Waals surface area (Å²) in [5.41, 5.74) is 1.71. The SMILES string of the molecule is Cc1ccccc1O[C@H](C)C(=O)c1ccccc1. The summed E-state index contributed by atoms with van der Waals surface area (Å²) in [4.78, 5) is 12.1. The average Bonchev–Trinajstić information content (AvgIpc) is 2.41. The van der Waals surface area contributed by atoms with Gasteiger partial charge in [0.05, 0.1) is 0 Å². The van der Waals surface area contributed by atoms with E-state index in [1.807, 2.05) is 49.4 Å². The quantitative estimate of drug-likeness (QED) is 0.762. The Labute approximate surface area is 107 Å². The van der Waals surface area contributed by atoms with Gasteiger partial charge in [0.15, 0.2) is 6.10 Å². The second kappa shape index (κ2) is 5.50. The zero-order chi connectivity index (χ0) is 13.0. The van der Waals surface area contributed by atoms with Crippen LogP contribution in [0, 0.1) is 6.92 Å². The number of aryl methyl sites for hydroxylation is 1. The number of hydrogen-bond acceptors (Lipinski definition) is 2. The minimum Gasteiger partial charge on any atom is -0.482 e. The fraction of sp³-hybridized carbons (Fsp3) is 0.188. The van der Waals surface area contributed by atoms with E-state index in [0.29, 0.717) is 5.56 Å². The fourth-order valence-electron chi connectivity index (χ4n) is 1.77. The fourth-order valence-corrected chi connectivity index (χ4v) is 1.77. The Morgan fingerprint density at radius 2 is 1.61 bits per heavy atom. The molecule has 0 aliphatic rings. The minimum absolute atomic E-state index is 0.00106. The van der Waals surface area contributed by atoms with Crippen LogP contribution in [0.4, 0.5) is 0 Å². The molecule has 0 aliphatic heterocycles. The molecule has 18 heavy (non-hydrogen) atoms. The van der Waals surface area contributed by atoms with Gasteiger partial charge in [0.25, 0.3) is 0 Å². The molecule has 0 aliphatic carbocycles. The monoisotopic (exact) mass is 240 g/mol. The van der Waals surface area contributed by atoms with Gasteiger partial charge in [0.2, 0.25) is 5.78 Å². The molecule has 0 N–H and O–H groups in total. The van der Waals surface area contributed by atoms with Crippen LogP contribution in [0.1, 0.15) is 22.8 Å². The lowest BCUT2D eigenvalue weighted by Crippen LogP contribution is -2.24. The molecule has 2 aromatic carbocycles. The van der Waals surface area contributed by atoms with E-state index in [1.54, 1.807) is 19.1 Å². The summed E-state index contributed by atoms with van der Waals surface area (Å²) in [6.07, 6.45) is -0.478. The van der Waals surface area contributed by atoms with Crippen molar-refractivity contribution >= 4 is 5.78 Å². The van der Waals surface area contributed by atoms with Crippen LogP contribution in [0.5, 0.6) is 5.75 Å². The number of hydrogen-bond donors (Lipinski definition) is 0. The van der Waals surface area contributed by atoms with Gasteiger partial charge in [-0.3, -0.25) is 4.79 Å².